The molecule has 0 radical (unpaired) electrons. The van der Waals surface area contributed by atoms with Gasteiger partial charge in [-0.3, -0.25) is 18.7 Å². The SMILES string of the molecule is Cn1c(=O)c2ccc(C(=O)N(Cc3ccccc3)c3ccccc3)nc2n(C)c1=O. The second-order valence-corrected chi connectivity index (χ2v) is 6.99. The number of carbonyl (C=O) groups is 1. The first-order valence-electron chi connectivity index (χ1n) is 9.45. The van der Waals surface area contributed by atoms with Crippen LogP contribution < -0.4 is 16.1 Å². The molecule has 0 unspecified atom stereocenters. The molecule has 4 aromatic rings. The predicted molar refractivity (Wildman–Crippen MR) is 116 cm³/mol. The molecule has 150 valence electrons. The van der Waals surface area contributed by atoms with Crippen LogP contribution in [0.4, 0.5) is 5.69 Å². The number of para-hydroxylation sites is 1. The Labute approximate surface area is 172 Å². The van der Waals surface area contributed by atoms with E-state index in [-0.39, 0.29) is 22.6 Å². The fraction of sp³-hybridized carbons (Fsp3) is 0.130. The maximum Gasteiger partial charge on any atom is 0.332 e. The van der Waals surface area contributed by atoms with Crippen molar-refractivity contribution >= 4 is 22.6 Å². The van der Waals surface area contributed by atoms with Crippen LogP contribution >= 0.6 is 0 Å². The molecular weight excluding hydrogens is 380 g/mol. The van der Waals surface area contributed by atoms with Gasteiger partial charge in [-0.2, -0.15) is 0 Å². The Morgan fingerprint density at radius 3 is 2.17 bits per heavy atom. The van der Waals surface area contributed by atoms with Crippen LogP contribution in [0.25, 0.3) is 11.0 Å². The number of pyridine rings is 1. The van der Waals surface area contributed by atoms with Gasteiger partial charge in [0.05, 0.1) is 11.9 Å². The molecule has 0 spiro atoms. The zero-order valence-corrected chi connectivity index (χ0v) is 16.6. The Morgan fingerprint density at radius 2 is 1.50 bits per heavy atom. The minimum atomic E-state index is -0.492. The van der Waals surface area contributed by atoms with Crippen LogP contribution in [0.2, 0.25) is 0 Å². The smallest absolute Gasteiger partial charge is 0.303 e. The Balaban J connectivity index is 1.82. The summed E-state index contributed by atoms with van der Waals surface area (Å²) in [5, 5.41) is 0.283. The quantitative estimate of drug-likeness (QED) is 0.527. The minimum absolute atomic E-state index is 0.158. The number of benzene rings is 2. The Bertz CT molecular complexity index is 1340. The number of carbonyl (C=O) groups excluding carboxylic acids is 1. The fourth-order valence-electron chi connectivity index (χ4n) is 3.37. The summed E-state index contributed by atoms with van der Waals surface area (Å²) in [5.74, 6) is -0.319. The van der Waals surface area contributed by atoms with Crippen molar-refractivity contribution in [3.63, 3.8) is 0 Å². The van der Waals surface area contributed by atoms with Gasteiger partial charge in [0.25, 0.3) is 11.5 Å². The van der Waals surface area contributed by atoms with E-state index in [0.29, 0.717) is 6.54 Å². The van der Waals surface area contributed by atoms with Gasteiger partial charge >= 0.3 is 5.69 Å². The summed E-state index contributed by atoms with van der Waals surface area (Å²) < 4.78 is 2.30. The summed E-state index contributed by atoms with van der Waals surface area (Å²) in [6.07, 6.45) is 0. The lowest BCUT2D eigenvalue weighted by Crippen LogP contribution is -2.38. The number of fused-ring (bicyclic) bond motifs is 1. The van der Waals surface area contributed by atoms with Gasteiger partial charge in [-0.25, -0.2) is 9.78 Å². The first-order chi connectivity index (χ1) is 14.5. The van der Waals surface area contributed by atoms with E-state index in [1.807, 2.05) is 60.7 Å². The number of amides is 1. The molecule has 0 saturated carbocycles. The highest BCUT2D eigenvalue weighted by atomic mass is 16.2. The molecule has 2 heterocycles. The average molecular weight is 400 g/mol. The zero-order chi connectivity index (χ0) is 21.3. The molecule has 7 nitrogen and oxygen atoms in total. The monoisotopic (exact) mass is 400 g/mol. The number of aryl methyl sites for hydroxylation is 1. The molecule has 0 saturated heterocycles. The van der Waals surface area contributed by atoms with Crippen molar-refractivity contribution in [1.82, 2.24) is 14.1 Å². The third-order valence-electron chi connectivity index (χ3n) is 5.02. The highest BCUT2D eigenvalue weighted by Crippen LogP contribution is 2.20. The van der Waals surface area contributed by atoms with E-state index in [4.69, 9.17) is 0 Å². The first-order valence-corrected chi connectivity index (χ1v) is 9.45. The van der Waals surface area contributed by atoms with E-state index in [1.165, 1.54) is 24.7 Å². The number of nitrogens with zero attached hydrogens (tertiary/aromatic N) is 4. The first kappa shape index (κ1) is 19.3. The van der Waals surface area contributed by atoms with E-state index < -0.39 is 11.2 Å². The van der Waals surface area contributed by atoms with Crippen molar-refractivity contribution in [3.8, 4) is 0 Å². The molecule has 0 N–H and O–H groups in total. The molecule has 2 aromatic carbocycles. The Hall–Kier alpha value is -4.00. The van der Waals surface area contributed by atoms with Crippen LogP contribution in [-0.2, 0) is 20.6 Å². The van der Waals surface area contributed by atoms with Crippen LogP contribution in [0.1, 0.15) is 16.1 Å². The molecular formula is C23H20N4O3. The molecule has 0 aliphatic rings. The normalized spacial score (nSPS) is 10.9. The lowest BCUT2D eigenvalue weighted by Gasteiger charge is -2.23. The molecule has 7 heteroatoms. The van der Waals surface area contributed by atoms with Gasteiger partial charge in [0, 0.05) is 19.8 Å². The molecule has 30 heavy (non-hydrogen) atoms. The Kier molecular flexibility index (Phi) is 5.02. The van der Waals surface area contributed by atoms with Gasteiger partial charge in [0.1, 0.15) is 11.3 Å². The molecule has 1 amide bonds. The van der Waals surface area contributed by atoms with Crippen molar-refractivity contribution < 1.29 is 4.79 Å². The number of aromatic nitrogens is 3. The average Bonchev–Trinajstić information content (AvgIpc) is 2.80. The van der Waals surface area contributed by atoms with E-state index in [1.54, 1.807) is 11.0 Å². The second kappa shape index (κ2) is 7.79. The number of hydrogen-bond acceptors (Lipinski definition) is 4. The fourth-order valence-corrected chi connectivity index (χ4v) is 3.37. The summed E-state index contributed by atoms with van der Waals surface area (Å²) in [6.45, 7) is 0.360. The molecule has 0 bridgehead atoms. The van der Waals surface area contributed by atoms with E-state index in [0.717, 1.165) is 15.8 Å². The van der Waals surface area contributed by atoms with Crippen molar-refractivity contribution in [1.29, 1.82) is 0 Å². The maximum atomic E-state index is 13.4. The summed E-state index contributed by atoms with van der Waals surface area (Å²) >= 11 is 0. The van der Waals surface area contributed by atoms with Gasteiger partial charge in [0.2, 0.25) is 0 Å². The largest absolute Gasteiger partial charge is 0.332 e. The standard InChI is InChI=1S/C23H20N4O3/c1-25-20-18(21(28)26(2)23(25)30)13-14-19(24-20)22(29)27(17-11-7-4-8-12-17)15-16-9-5-3-6-10-16/h3-14H,15H2,1-2H3. The zero-order valence-electron chi connectivity index (χ0n) is 16.6. The van der Waals surface area contributed by atoms with Gasteiger partial charge in [-0.1, -0.05) is 48.5 Å². The molecule has 0 aliphatic carbocycles. The predicted octanol–water partition coefficient (Wildman–Crippen LogP) is 2.48. The molecule has 0 fully saturated rings. The Morgan fingerprint density at radius 1 is 0.867 bits per heavy atom. The van der Waals surface area contributed by atoms with E-state index in [2.05, 4.69) is 4.98 Å². The lowest BCUT2D eigenvalue weighted by molar-refractivity contribution is 0.0980. The number of rotatable bonds is 4. The minimum Gasteiger partial charge on any atom is -0.303 e. The van der Waals surface area contributed by atoms with Gasteiger partial charge in [-0.15, -0.1) is 0 Å². The summed E-state index contributed by atoms with van der Waals surface area (Å²) in [5.41, 5.74) is 1.10. The van der Waals surface area contributed by atoms with E-state index in [9.17, 15) is 14.4 Å². The second-order valence-electron chi connectivity index (χ2n) is 6.99. The molecule has 2 aromatic heterocycles. The molecule has 4 rings (SSSR count). The summed E-state index contributed by atoms with van der Waals surface area (Å²) in [6, 6.07) is 22.0. The van der Waals surface area contributed by atoms with Gasteiger partial charge in [-0.05, 0) is 29.8 Å². The van der Waals surface area contributed by atoms with Crippen molar-refractivity contribution in [2.75, 3.05) is 4.90 Å². The van der Waals surface area contributed by atoms with E-state index >= 15 is 0 Å². The summed E-state index contributed by atoms with van der Waals surface area (Å²) in [4.78, 5) is 44.1. The molecule has 0 atom stereocenters. The van der Waals surface area contributed by atoms with Crippen molar-refractivity contribution in [2.45, 2.75) is 6.54 Å². The van der Waals surface area contributed by atoms with Crippen molar-refractivity contribution in [3.05, 3.63) is 105 Å². The third-order valence-corrected chi connectivity index (χ3v) is 5.02. The highest BCUT2D eigenvalue weighted by Gasteiger charge is 2.21. The highest BCUT2D eigenvalue weighted by molar-refractivity contribution is 6.05. The van der Waals surface area contributed by atoms with Crippen LogP contribution in [0.3, 0.4) is 0 Å². The number of anilines is 1. The third kappa shape index (κ3) is 3.41. The van der Waals surface area contributed by atoms with Gasteiger partial charge < -0.3 is 4.90 Å². The van der Waals surface area contributed by atoms with Crippen LogP contribution in [0, 0.1) is 0 Å². The van der Waals surface area contributed by atoms with Crippen LogP contribution in [-0.4, -0.2) is 20.0 Å². The lowest BCUT2D eigenvalue weighted by atomic mass is 10.1. The van der Waals surface area contributed by atoms with Crippen LogP contribution in [0.5, 0.6) is 0 Å². The molecule has 0 aliphatic heterocycles. The van der Waals surface area contributed by atoms with Crippen molar-refractivity contribution in [2.24, 2.45) is 14.1 Å². The topological polar surface area (TPSA) is 77.2 Å². The maximum absolute atomic E-state index is 13.4. The summed E-state index contributed by atoms with van der Waals surface area (Å²) in [7, 11) is 2.95. The van der Waals surface area contributed by atoms with Crippen LogP contribution in [0.15, 0.2) is 82.4 Å². The number of hydrogen-bond donors (Lipinski definition) is 0. The van der Waals surface area contributed by atoms with Gasteiger partial charge in [0.15, 0.2) is 0 Å².